The largest absolute Gasteiger partial charge is 0.417 e. The standard InChI is InChI=1S/C25H24ClFN4O3/c1-3-6-18-17(19-7-5-10-28-22(19)32)9-8-15-12-29-24(21(27)20(15)18)34-23-16(14-33-11-4-2)13-30-25(26)31-23/h2,7,12-13H,3,5-6,8-11,14H2,1H3,(H,28,32). The van der Waals surface area contributed by atoms with Crippen LogP contribution >= 0.6 is 11.6 Å². The van der Waals surface area contributed by atoms with Gasteiger partial charge in [0.15, 0.2) is 5.82 Å². The van der Waals surface area contributed by atoms with Gasteiger partial charge < -0.3 is 14.8 Å². The van der Waals surface area contributed by atoms with Gasteiger partial charge in [0.25, 0.3) is 11.8 Å². The summed E-state index contributed by atoms with van der Waals surface area (Å²) < 4.78 is 27.0. The van der Waals surface area contributed by atoms with Gasteiger partial charge in [-0.2, -0.15) is 4.98 Å². The second kappa shape index (κ2) is 10.8. The molecule has 0 saturated heterocycles. The minimum atomic E-state index is -0.597. The molecule has 9 heteroatoms. The van der Waals surface area contributed by atoms with Crippen molar-refractivity contribution in [1.29, 1.82) is 0 Å². The maximum Gasteiger partial charge on any atom is 0.258 e. The predicted octanol–water partition coefficient (Wildman–Crippen LogP) is 4.55. The molecule has 0 aromatic carbocycles. The van der Waals surface area contributed by atoms with E-state index >= 15 is 4.39 Å². The maximum atomic E-state index is 15.9. The molecule has 0 unspecified atom stereocenters. The lowest BCUT2D eigenvalue weighted by atomic mass is 9.80. The average molecular weight is 483 g/mol. The average Bonchev–Trinajstić information content (AvgIpc) is 2.83. The van der Waals surface area contributed by atoms with Crippen molar-refractivity contribution < 1.29 is 18.7 Å². The van der Waals surface area contributed by atoms with Crippen LogP contribution in [-0.2, 0) is 22.6 Å². The molecule has 1 N–H and O–H groups in total. The van der Waals surface area contributed by atoms with E-state index < -0.39 is 5.82 Å². The van der Waals surface area contributed by atoms with Crippen molar-refractivity contribution in [2.45, 2.75) is 45.6 Å². The van der Waals surface area contributed by atoms with Gasteiger partial charge in [0.2, 0.25) is 11.2 Å². The van der Waals surface area contributed by atoms with E-state index in [1.165, 1.54) is 6.20 Å². The summed E-state index contributed by atoms with van der Waals surface area (Å²) >= 11 is 5.94. The van der Waals surface area contributed by atoms with Gasteiger partial charge in [0.05, 0.1) is 12.2 Å². The number of fused-ring (bicyclic) bond motifs is 1. The predicted molar refractivity (Wildman–Crippen MR) is 126 cm³/mol. The first-order chi connectivity index (χ1) is 16.5. The van der Waals surface area contributed by atoms with Crippen LogP contribution in [0.5, 0.6) is 11.8 Å². The normalized spacial score (nSPS) is 15.4. The van der Waals surface area contributed by atoms with Crippen LogP contribution in [0, 0.1) is 18.2 Å². The molecule has 0 atom stereocenters. The van der Waals surface area contributed by atoms with Crippen molar-refractivity contribution in [3.05, 3.63) is 57.4 Å². The molecule has 2 aromatic heterocycles. The Morgan fingerprint density at radius 1 is 1.26 bits per heavy atom. The number of aromatic nitrogens is 3. The van der Waals surface area contributed by atoms with Gasteiger partial charge in [-0.1, -0.05) is 25.3 Å². The summed E-state index contributed by atoms with van der Waals surface area (Å²) in [6, 6.07) is 0. The van der Waals surface area contributed by atoms with Gasteiger partial charge in [0, 0.05) is 30.1 Å². The van der Waals surface area contributed by atoms with E-state index in [9.17, 15) is 4.79 Å². The molecule has 176 valence electrons. The number of carbonyl (C=O) groups is 1. The summed E-state index contributed by atoms with van der Waals surface area (Å²) in [4.78, 5) is 24.8. The second-order valence-electron chi connectivity index (χ2n) is 7.92. The lowest BCUT2D eigenvalue weighted by Gasteiger charge is -2.27. The van der Waals surface area contributed by atoms with Crippen LogP contribution < -0.4 is 10.1 Å². The number of amides is 1. The Bertz CT molecular complexity index is 1220. The fraction of sp³-hybridized carbons (Fsp3) is 0.360. The smallest absolute Gasteiger partial charge is 0.258 e. The van der Waals surface area contributed by atoms with E-state index in [4.69, 9.17) is 27.5 Å². The Morgan fingerprint density at radius 3 is 2.88 bits per heavy atom. The van der Waals surface area contributed by atoms with E-state index in [-0.39, 0.29) is 36.2 Å². The highest BCUT2D eigenvalue weighted by Gasteiger charge is 2.29. The van der Waals surface area contributed by atoms with Crippen molar-refractivity contribution in [2.24, 2.45) is 0 Å². The van der Waals surface area contributed by atoms with Gasteiger partial charge >= 0.3 is 0 Å². The molecule has 0 saturated carbocycles. The summed E-state index contributed by atoms with van der Waals surface area (Å²) in [6.45, 7) is 2.79. The molecule has 3 heterocycles. The number of aryl methyl sites for hydroxylation is 1. The van der Waals surface area contributed by atoms with Gasteiger partial charge in [0.1, 0.15) is 6.61 Å². The molecule has 0 radical (unpaired) electrons. The van der Waals surface area contributed by atoms with Crippen LogP contribution in [0.2, 0.25) is 5.28 Å². The SMILES string of the molecule is C#CCOCc1cnc(Cl)nc1Oc1ncc2c(c1F)C(CCC)=C(C1=CCCNC1=O)CC2. The maximum absolute atomic E-state index is 15.9. The first-order valence-corrected chi connectivity index (χ1v) is 11.5. The topological polar surface area (TPSA) is 86.2 Å². The molecule has 7 nitrogen and oxygen atoms in total. The Balaban J connectivity index is 1.75. The lowest BCUT2D eigenvalue weighted by molar-refractivity contribution is -0.117. The molecule has 0 bridgehead atoms. The number of carbonyl (C=O) groups excluding carboxylic acids is 1. The van der Waals surface area contributed by atoms with Gasteiger partial charge in [-0.05, 0) is 54.0 Å². The van der Waals surface area contributed by atoms with E-state index in [0.29, 0.717) is 42.5 Å². The molecule has 34 heavy (non-hydrogen) atoms. The van der Waals surface area contributed by atoms with Gasteiger partial charge in [-0.15, -0.1) is 6.42 Å². The van der Waals surface area contributed by atoms with Crippen molar-refractivity contribution in [2.75, 3.05) is 13.2 Å². The Kier molecular flexibility index (Phi) is 7.56. The number of nitrogens with one attached hydrogen (secondary N) is 1. The van der Waals surface area contributed by atoms with Crippen LogP contribution in [-0.4, -0.2) is 34.0 Å². The van der Waals surface area contributed by atoms with Crippen LogP contribution in [0.3, 0.4) is 0 Å². The van der Waals surface area contributed by atoms with Crippen molar-refractivity contribution in [1.82, 2.24) is 20.3 Å². The lowest BCUT2D eigenvalue weighted by Crippen LogP contribution is -2.31. The van der Waals surface area contributed by atoms with Crippen LogP contribution in [0.15, 0.2) is 29.6 Å². The molecule has 4 rings (SSSR count). The second-order valence-corrected chi connectivity index (χ2v) is 8.25. The zero-order valence-corrected chi connectivity index (χ0v) is 19.5. The number of hydrogen-bond donors (Lipinski definition) is 1. The molecule has 1 aliphatic heterocycles. The minimum Gasteiger partial charge on any atom is -0.417 e. The van der Waals surface area contributed by atoms with Gasteiger partial charge in [-0.25, -0.2) is 14.4 Å². The fourth-order valence-corrected chi connectivity index (χ4v) is 4.32. The first kappa shape index (κ1) is 23.9. The van der Waals surface area contributed by atoms with E-state index in [0.717, 1.165) is 29.6 Å². The zero-order chi connectivity index (χ0) is 24.1. The Hall–Kier alpha value is -3.28. The zero-order valence-electron chi connectivity index (χ0n) is 18.8. The van der Waals surface area contributed by atoms with E-state index in [2.05, 4.69) is 26.2 Å². The summed E-state index contributed by atoms with van der Waals surface area (Å²) in [5.74, 6) is 1.47. The number of nitrogens with zero attached hydrogens (tertiary/aromatic N) is 3. The van der Waals surface area contributed by atoms with Crippen molar-refractivity contribution >= 4 is 23.1 Å². The molecule has 0 fully saturated rings. The molecule has 0 spiro atoms. The number of hydrogen-bond acceptors (Lipinski definition) is 6. The quantitative estimate of drug-likeness (QED) is 0.337. The first-order valence-electron chi connectivity index (χ1n) is 11.1. The molecule has 2 aromatic rings. The van der Waals surface area contributed by atoms with Crippen molar-refractivity contribution in [3.8, 4) is 24.1 Å². The summed E-state index contributed by atoms with van der Waals surface area (Å²) in [6.07, 6.45) is 13.6. The van der Waals surface area contributed by atoms with Crippen LogP contribution in [0.4, 0.5) is 4.39 Å². The summed E-state index contributed by atoms with van der Waals surface area (Å²) in [7, 11) is 0. The minimum absolute atomic E-state index is 0.0368. The number of ether oxygens (including phenoxy) is 2. The Morgan fingerprint density at radius 2 is 2.12 bits per heavy atom. The van der Waals surface area contributed by atoms with E-state index in [1.54, 1.807) is 6.20 Å². The Labute approximate surface area is 202 Å². The highest BCUT2D eigenvalue weighted by Crippen LogP contribution is 2.41. The molecular weight excluding hydrogens is 459 g/mol. The highest BCUT2D eigenvalue weighted by atomic mass is 35.5. The van der Waals surface area contributed by atoms with Crippen LogP contribution in [0.1, 0.15) is 49.3 Å². The third kappa shape index (κ3) is 4.96. The number of pyridine rings is 1. The number of rotatable bonds is 8. The molecule has 1 amide bonds. The molecular formula is C25H24ClFN4O3. The molecule has 2 aliphatic rings. The third-order valence-electron chi connectivity index (χ3n) is 5.66. The number of terminal acetylenes is 1. The third-order valence-corrected chi connectivity index (χ3v) is 5.84. The number of halogens is 2. The summed E-state index contributed by atoms with van der Waals surface area (Å²) in [5.41, 5.74) is 4.01. The van der Waals surface area contributed by atoms with E-state index in [1.807, 2.05) is 13.0 Å². The highest BCUT2D eigenvalue weighted by molar-refractivity contribution is 6.28. The summed E-state index contributed by atoms with van der Waals surface area (Å²) in [5, 5.41) is 2.83. The fourth-order valence-electron chi connectivity index (χ4n) is 4.20. The monoisotopic (exact) mass is 482 g/mol. The van der Waals surface area contributed by atoms with Crippen molar-refractivity contribution in [3.63, 3.8) is 0 Å². The van der Waals surface area contributed by atoms with Gasteiger partial charge in [-0.3, -0.25) is 4.79 Å². The molecule has 1 aliphatic carbocycles. The van der Waals surface area contributed by atoms with Crippen LogP contribution in [0.25, 0.3) is 5.57 Å². The number of allylic oxidation sites excluding steroid dienone is 1.